The Balaban J connectivity index is 1.27. The molecule has 1 fully saturated rings. The molecule has 2 heterocycles. The van der Waals surface area contributed by atoms with E-state index in [2.05, 4.69) is 15.6 Å². The van der Waals surface area contributed by atoms with Crippen LogP contribution >= 0.6 is 11.8 Å². The van der Waals surface area contributed by atoms with Crippen molar-refractivity contribution in [2.24, 2.45) is 4.99 Å². The maximum Gasteiger partial charge on any atom is 0.255 e. The highest BCUT2D eigenvalue weighted by Gasteiger charge is 2.42. The molecule has 2 N–H and O–H groups in total. The van der Waals surface area contributed by atoms with E-state index >= 15 is 0 Å². The minimum absolute atomic E-state index is 0.0249. The summed E-state index contributed by atoms with van der Waals surface area (Å²) in [5.41, 5.74) is 5.23. The molecule has 0 unspecified atom stereocenters. The van der Waals surface area contributed by atoms with Crippen LogP contribution in [0.15, 0.2) is 77.8 Å². The van der Waals surface area contributed by atoms with Crippen molar-refractivity contribution in [3.05, 3.63) is 83.9 Å². The van der Waals surface area contributed by atoms with Crippen molar-refractivity contribution < 1.29 is 13.2 Å². The molecule has 2 aliphatic heterocycles. The summed E-state index contributed by atoms with van der Waals surface area (Å²) < 4.78 is 23.6. The number of aliphatic imine (C=N–C) groups is 1. The van der Waals surface area contributed by atoms with E-state index in [1.807, 2.05) is 67.6 Å². The van der Waals surface area contributed by atoms with Gasteiger partial charge in [-0.1, -0.05) is 60.3 Å². The van der Waals surface area contributed by atoms with Gasteiger partial charge in [0.05, 0.1) is 17.5 Å². The molecule has 3 aromatic rings. The minimum Gasteiger partial charge on any atom is -0.335 e. The van der Waals surface area contributed by atoms with Crippen LogP contribution in [0.1, 0.15) is 15.9 Å². The quantitative estimate of drug-likeness (QED) is 0.574. The zero-order valence-corrected chi connectivity index (χ0v) is 19.6. The van der Waals surface area contributed by atoms with E-state index < -0.39 is 9.84 Å². The lowest BCUT2D eigenvalue weighted by Gasteiger charge is -2.12. The molecule has 2 aliphatic rings. The fourth-order valence-electron chi connectivity index (χ4n) is 4.01. The van der Waals surface area contributed by atoms with Gasteiger partial charge < -0.3 is 10.6 Å². The topological polar surface area (TPSA) is 87.6 Å². The van der Waals surface area contributed by atoms with Crippen LogP contribution in [0.4, 0.5) is 11.4 Å². The molecule has 168 valence electrons. The molecule has 0 saturated carbocycles. The first-order valence-electron chi connectivity index (χ1n) is 10.7. The van der Waals surface area contributed by atoms with Gasteiger partial charge >= 0.3 is 0 Å². The summed E-state index contributed by atoms with van der Waals surface area (Å²) in [4.78, 5) is 17.4. The number of nitrogens with one attached hydrogen (secondary N) is 2. The fourth-order valence-corrected chi connectivity index (χ4v) is 7.68. The van der Waals surface area contributed by atoms with Crippen molar-refractivity contribution in [1.29, 1.82) is 0 Å². The number of aryl methyl sites for hydroxylation is 1. The van der Waals surface area contributed by atoms with Gasteiger partial charge in [-0.3, -0.25) is 9.79 Å². The number of anilines is 2. The number of rotatable bonds is 4. The van der Waals surface area contributed by atoms with Crippen LogP contribution in [0.5, 0.6) is 0 Å². The SMILES string of the molecule is Cc1ccc(C(=O)Nc2ccc(-c3ccccc3)cc2)cc1NC1=N[C@@H]2CS(=O)(=O)C[C@@H]2S1. The largest absolute Gasteiger partial charge is 0.335 e. The van der Waals surface area contributed by atoms with E-state index in [1.165, 1.54) is 11.8 Å². The molecule has 5 rings (SSSR count). The Kier molecular flexibility index (Phi) is 5.72. The first kappa shape index (κ1) is 21.7. The van der Waals surface area contributed by atoms with Crippen molar-refractivity contribution in [2.75, 3.05) is 22.1 Å². The number of fused-ring (bicyclic) bond motifs is 1. The van der Waals surface area contributed by atoms with E-state index in [1.54, 1.807) is 12.1 Å². The van der Waals surface area contributed by atoms with Crippen LogP contribution in [0.25, 0.3) is 11.1 Å². The first-order chi connectivity index (χ1) is 15.9. The van der Waals surface area contributed by atoms with Crippen molar-refractivity contribution in [2.45, 2.75) is 18.2 Å². The minimum atomic E-state index is -2.98. The second-order valence-corrected chi connectivity index (χ2v) is 11.7. The number of nitrogens with zero attached hydrogens (tertiary/aromatic N) is 1. The van der Waals surface area contributed by atoms with Gasteiger partial charge in [-0.15, -0.1) is 0 Å². The summed E-state index contributed by atoms with van der Waals surface area (Å²) in [5, 5.41) is 6.92. The van der Waals surface area contributed by atoms with Crippen molar-refractivity contribution in [3.63, 3.8) is 0 Å². The van der Waals surface area contributed by atoms with Gasteiger partial charge in [-0.25, -0.2) is 8.42 Å². The monoisotopic (exact) mass is 477 g/mol. The van der Waals surface area contributed by atoms with Gasteiger partial charge in [0, 0.05) is 22.2 Å². The Bertz CT molecular complexity index is 1340. The zero-order valence-electron chi connectivity index (χ0n) is 18.0. The molecule has 0 radical (unpaired) electrons. The molecule has 33 heavy (non-hydrogen) atoms. The number of hydrogen-bond donors (Lipinski definition) is 2. The third-order valence-electron chi connectivity index (χ3n) is 5.81. The molecule has 1 amide bonds. The number of carbonyl (C=O) groups excluding carboxylic acids is 1. The highest BCUT2D eigenvalue weighted by molar-refractivity contribution is 8.15. The van der Waals surface area contributed by atoms with Crippen molar-refractivity contribution in [1.82, 2.24) is 0 Å². The average Bonchev–Trinajstić information content (AvgIpc) is 3.29. The second kappa shape index (κ2) is 8.68. The lowest BCUT2D eigenvalue weighted by Crippen LogP contribution is -2.14. The zero-order chi connectivity index (χ0) is 23.0. The standard InChI is InChI=1S/C25H23N3O3S2/c1-16-7-8-19(13-21(16)27-25-28-22-14-33(30,31)15-23(22)32-25)24(29)26-20-11-9-18(10-12-20)17-5-3-2-4-6-17/h2-13,22-23H,14-15H2,1H3,(H,26,29)(H,27,28)/t22-,23+/m1/s1. The summed E-state index contributed by atoms with van der Waals surface area (Å²) in [7, 11) is -2.98. The number of thioether (sulfide) groups is 1. The molecule has 1 saturated heterocycles. The number of benzene rings is 3. The lowest BCUT2D eigenvalue weighted by atomic mass is 10.1. The van der Waals surface area contributed by atoms with Crippen LogP contribution in [-0.2, 0) is 9.84 Å². The predicted octanol–water partition coefficient (Wildman–Crippen LogP) is 4.59. The maximum atomic E-state index is 12.9. The molecule has 2 atom stereocenters. The Morgan fingerprint density at radius 2 is 1.70 bits per heavy atom. The maximum absolute atomic E-state index is 12.9. The third-order valence-corrected chi connectivity index (χ3v) is 8.95. The second-order valence-electron chi connectivity index (χ2n) is 8.29. The summed E-state index contributed by atoms with van der Waals surface area (Å²) in [5.74, 6) is 0.0801. The van der Waals surface area contributed by atoms with Gasteiger partial charge in [0.1, 0.15) is 0 Å². The van der Waals surface area contributed by atoms with Gasteiger partial charge in [0.25, 0.3) is 5.91 Å². The molecule has 0 aromatic heterocycles. The smallest absolute Gasteiger partial charge is 0.255 e. The van der Waals surface area contributed by atoms with Crippen LogP contribution in [-0.4, -0.2) is 42.3 Å². The summed E-state index contributed by atoms with van der Waals surface area (Å²) in [6.45, 7) is 1.96. The lowest BCUT2D eigenvalue weighted by molar-refractivity contribution is 0.102. The van der Waals surface area contributed by atoms with Crippen LogP contribution in [0, 0.1) is 6.92 Å². The molecule has 6 nitrogen and oxygen atoms in total. The van der Waals surface area contributed by atoms with Gasteiger partial charge in [0.15, 0.2) is 15.0 Å². The molecule has 8 heteroatoms. The molecular formula is C25H23N3O3S2. The Morgan fingerprint density at radius 1 is 0.970 bits per heavy atom. The number of amidine groups is 1. The van der Waals surface area contributed by atoms with Gasteiger partial charge in [0.2, 0.25) is 0 Å². The van der Waals surface area contributed by atoms with Crippen molar-refractivity contribution >= 4 is 44.0 Å². The molecule has 0 bridgehead atoms. The van der Waals surface area contributed by atoms with Gasteiger partial charge in [-0.05, 0) is 47.9 Å². The molecule has 0 spiro atoms. The normalized spacial score (nSPS) is 20.7. The number of sulfone groups is 1. The van der Waals surface area contributed by atoms with E-state index in [9.17, 15) is 13.2 Å². The molecule has 3 aromatic carbocycles. The molecule has 0 aliphatic carbocycles. The highest BCUT2D eigenvalue weighted by atomic mass is 32.2. The van der Waals surface area contributed by atoms with Crippen molar-refractivity contribution in [3.8, 4) is 11.1 Å². The Hall–Kier alpha value is -3.10. The number of amides is 1. The number of carbonyl (C=O) groups is 1. The fraction of sp³-hybridized carbons (Fsp3) is 0.200. The highest BCUT2D eigenvalue weighted by Crippen LogP contribution is 2.35. The van der Waals surface area contributed by atoms with E-state index in [0.29, 0.717) is 10.7 Å². The molecular weight excluding hydrogens is 454 g/mol. The summed E-state index contributed by atoms with van der Waals surface area (Å²) in [6.07, 6.45) is 0. The van der Waals surface area contributed by atoms with E-state index in [0.717, 1.165) is 28.1 Å². The Labute approximate surface area is 197 Å². The average molecular weight is 478 g/mol. The van der Waals surface area contributed by atoms with E-state index in [4.69, 9.17) is 0 Å². The summed E-state index contributed by atoms with van der Waals surface area (Å²) >= 11 is 1.46. The number of hydrogen-bond acceptors (Lipinski definition) is 6. The third kappa shape index (κ3) is 4.82. The van der Waals surface area contributed by atoms with E-state index in [-0.39, 0.29) is 28.7 Å². The van der Waals surface area contributed by atoms with Crippen LogP contribution in [0.2, 0.25) is 0 Å². The first-order valence-corrected chi connectivity index (χ1v) is 13.4. The van der Waals surface area contributed by atoms with Crippen LogP contribution < -0.4 is 10.6 Å². The summed E-state index contributed by atoms with van der Waals surface area (Å²) in [6, 6.07) is 23.1. The predicted molar refractivity (Wildman–Crippen MR) is 136 cm³/mol. The van der Waals surface area contributed by atoms with Crippen LogP contribution in [0.3, 0.4) is 0 Å². The Morgan fingerprint density at radius 3 is 2.42 bits per heavy atom. The van der Waals surface area contributed by atoms with Gasteiger partial charge in [-0.2, -0.15) is 0 Å².